The Morgan fingerprint density at radius 3 is 2.31 bits per heavy atom. The van der Waals surface area contributed by atoms with Gasteiger partial charge in [0.05, 0.1) is 0 Å². The number of rotatable bonds is 2. The van der Waals surface area contributed by atoms with Gasteiger partial charge in [-0.3, -0.25) is 4.79 Å². The summed E-state index contributed by atoms with van der Waals surface area (Å²) < 4.78 is 36.6. The highest BCUT2D eigenvalue weighted by Crippen LogP contribution is 2.24. The smallest absolute Gasteiger partial charge is 0.363 e. The van der Waals surface area contributed by atoms with E-state index in [1.807, 2.05) is 0 Å². The Balaban J connectivity index is 3.14. The average molecular weight is 232 g/mol. The molecule has 16 heavy (non-hydrogen) atoms. The number of ketones is 1. The molecule has 0 N–H and O–H groups in total. The summed E-state index contributed by atoms with van der Waals surface area (Å²) >= 11 is 0. The van der Waals surface area contributed by atoms with Crippen molar-refractivity contribution in [2.75, 3.05) is 19.0 Å². The second-order valence-electron chi connectivity index (χ2n) is 3.58. The first-order valence-electron chi connectivity index (χ1n) is 4.49. The molecule has 0 spiro atoms. The molecule has 0 bridgehead atoms. The predicted molar refractivity (Wildman–Crippen MR) is 53.7 cm³/mol. The number of aryl methyl sites for hydroxylation is 1. The topological polar surface area (TPSA) is 33.2 Å². The summed E-state index contributed by atoms with van der Waals surface area (Å²) in [5.41, 5.74) is -0.140. The van der Waals surface area contributed by atoms with E-state index in [0.717, 1.165) is 6.20 Å². The van der Waals surface area contributed by atoms with Crippen LogP contribution < -0.4 is 4.90 Å². The van der Waals surface area contributed by atoms with Crippen LogP contribution in [0.15, 0.2) is 12.3 Å². The zero-order chi connectivity index (χ0) is 12.5. The largest absolute Gasteiger partial charge is 0.454 e. The van der Waals surface area contributed by atoms with Crippen LogP contribution in [-0.2, 0) is 0 Å². The van der Waals surface area contributed by atoms with E-state index < -0.39 is 17.5 Å². The van der Waals surface area contributed by atoms with Crippen LogP contribution in [0.2, 0.25) is 0 Å². The van der Waals surface area contributed by atoms with Crippen LogP contribution in [-0.4, -0.2) is 31.0 Å². The van der Waals surface area contributed by atoms with Crippen molar-refractivity contribution in [3.8, 4) is 0 Å². The first kappa shape index (κ1) is 12.5. The van der Waals surface area contributed by atoms with Crippen LogP contribution in [0.5, 0.6) is 0 Å². The number of aromatic nitrogens is 1. The number of carbonyl (C=O) groups excluding carboxylic acids is 1. The molecule has 0 aliphatic heterocycles. The van der Waals surface area contributed by atoms with E-state index in [1.165, 1.54) is 13.0 Å². The van der Waals surface area contributed by atoms with E-state index in [0.29, 0.717) is 5.82 Å². The van der Waals surface area contributed by atoms with Gasteiger partial charge >= 0.3 is 6.18 Å². The number of hydrogen-bond donors (Lipinski definition) is 0. The van der Waals surface area contributed by atoms with E-state index in [-0.39, 0.29) is 5.56 Å². The maximum atomic E-state index is 12.2. The zero-order valence-corrected chi connectivity index (χ0v) is 9.09. The number of nitrogens with zero attached hydrogens (tertiary/aromatic N) is 2. The summed E-state index contributed by atoms with van der Waals surface area (Å²) in [7, 11) is 3.43. The number of carbonyl (C=O) groups is 1. The van der Waals surface area contributed by atoms with Crippen LogP contribution in [0.4, 0.5) is 19.0 Å². The Bertz CT molecular complexity index is 413. The van der Waals surface area contributed by atoms with E-state index in [2.05, 4.69) is 4.98 Å². The second-order valence-corrected chi connectivity index (χ2v) is 3.58. The van der Waals surface area contributed by atoms with E-state index in [1.54, 1.807) is 19.0 Å². The number of alkyl halides is 3. The molecule has 0 fully saturated rings. The molecule has 0 unspecified atom stereocenters. The molecule has 0 aliphatic rings. The third-order valence-electron chi connectivity index (χ3n) is 2.06. The lowest BCUT2D eigenvalue weighted by atomic mass is 10.1. The van der Waals surface area contributed by atoms with Gasteiger partial charge in [-0.2, -0.15) is 13.2 Å². The fraction of sp³-hybridized carbons (Fsp3) is 0.400. The van der Waals surface area contributed by atoms with Gasteiger partial charge in [0.2, 0.25) is 0 Å². The maximum absolute atomic E-state index is 12.2. The van der Waals surface area contributed by atoms with Crippen LogP contribution in [0.25, 0.3) is 0 Å². The molecule has 3 nitrogen and oxygen atoms in total. The number of Topliss-reactive ketones (excluding diaryl/α,β-unsaturated/α-hetero) is 1. The quantitative estimate of drug-likeness (QED) is 0.733. The fourth-order valence-electron chi connectivity index (χ4n) is 1.18. The summed E-state index contributed by atoms with van der Waals surface area (Å²) in [4.78, 5) is 16.4. The molecule has 1 heterocycles. The number of halogens is 3. The molecule has 0 atom stereocenters. The minimum atomic E-state index is -4.86. The van der Waals surface area contributed by atoms with Gasteiger partial charge in [0.25, 0.3) is 5.78 Å². The lowest BCUT2D eigenvalue weighted by Crippen LogP contribution is -2.24. The SMILES string of the molecule is Cc1cc(N(C)C)ncc1C(=O)C(F)(F)F. The highest BCUT2D eigenvalue weighted by Gasteiger charge is 2.40. The van der Waals surface area contributed by atoms with Crippen molar-refractivity contribution in [1.29, 1.82) is 0 Å². The Hall–Kier alpha value is -1.59. The molecule has 6 heteroatoms. The molecule has 0 saturated carbocycles. The predicted octanol–water partition coefficient (Wildman–Crippen LogP) is 2.20. The molecule has 0 saturated heterocycles. The molecule has 0 radical (unpaired) electrons. The second kappa shape index (κ2) is 4.11. The Morgan fingerprint density at radius 2 is 1.94 bits per heavy atom. The van der Waals surface area contributed by atoms with E-state index in [4.69, 9.17) is 0 Å². The number of hydrogen-bond acceptors (Lipinski definition) is 3. The van der Waals surface area contributed by atoms with E-state index >= 15 is 0 Å². The highest BCUT2D eigenvalue weighted by atomic mass is 19.4. The minimum absolute atomic E-state index is 0.265. The number of pyridine rings is 1. The van der Waals surface area contributed by atoms with Gasteiger partial charge in [-0.1, -0.05) is 0 Å². The standard InChI is InChI=1S/C10H11F3N2O/c1-6-4-8(15(2)3)14-5-7(6)9(16)10(11,12)13/h4-5H,1-3H3. The normalized spacial score (nSPS) is 11.4. The molecular formula is C10H11F3N2O. The van der Waals surface area contributed by atoms with Crippen molar-refractivity contribution in [3.05, 3.63) is 23.4 Å². The summed E-state index contributed by atoms with van der Waals surface area (Å²) in [5.74, 6) is -1.35. The first-order valence-corrected chi connectivity index (χ1v) is 4.49. The zero-order valence-electron chi connectivity index (χ0n) is 9.09. The third kappa shape index (κ3) is 2.50. The van der Waals surface area contributed by atoms with E-state index in [9.17, 15) is 18.0 Å². The summed E-state index contributed by atoms with van der Waals surface area (Å²) in [6, 6.07) is 1.44. The summed E-state index contributed by atoms with van der Waals surface area (Å²) in [5, 5.41) is 0. The van der Waals surface area contributed by atoms with Crippen molar-refractivity contribution < 1.29 is 18.0 Å². The molecule has 1 aromatic heterocycles. The Kier molecular flexibility index (Phi) is 3.21. The van der Waals surface area contributed by atoms with Gasteiger partial charge in [-0.05, 0) is 18.6 Å². The Labute approximate surface area is 90.9 Å². The molecular weight excluding hydrogens is 221 g/mol. The van der Waals surface area contributed by atoms with Crippen LogP contribution in [0, 0.1) is 6.92 Å². The Morgan fingerprint density at radius 1 is 1.38 bits per heavy atom. The van der Waals surface area contributed by atoms with Gasteiger partial charge in [0.15, 0.2) is 0 Å². The van der Waals surface area contributed by atoms with Gasteiger partial charge in [0.1, 0.15) is 5.82 Å². The highest BCUT2D eigenvalue weighted by molar-refractivity contribution is 6.01. The maximum Gasteiger partial charge on any atom is 0.454 e. The summed E-state index contributed by atoms with van der Waals surface area (Å²) in [6.45, 7) is 1.45. The molecule has 0 amide bonds. The third-order valence-corrected chi connectivity index (χ3v) is 2.06. The van der Waals surface area contributed by atoms with Gasteiger partial charge < -0.3 is 4.90 Å². The van der Waals surface area contributed by atoms with Crippen LogP contribution >= 0.6 is 0 Å². The molecule has 1 rings (SSSR count). The molecule has 0 aliphatic carbocycles. The lowest BCUT2D eigenvalue weighted by molar-refractivity contribution is -0.0885. The number of anilines is 1. The summed E-state index contributed by atoms with van der Waals surface area (Å²) in [6.07, 6.45) is -3.90. The average Bonchev–Trinajstić information content (AvgIpc) is 2.15. The van der Waals surface area contributed by atoms with Crippen molar-refractivity contribution >= 4 is 11.6 Å². The fourth-order valence-corrected chi connectivity index (χ4v) is 1.18. The van der Waals surface area contributed by atoms with Crippen molar-refractivity contribution in [3.63, 3.8) is 0 Å². The van der Waals surface area contributed by atoms with Crippen molar-refractivity contribution in [2.45, 2.75) is 13.1 Å². The van der Waals surface area contributed by atoms with Crippen LogP contribution in [0.1, 0.15) is 15.9 Å². The van der Waals surface area contributed by atoms with Crippen LogP contribution in [0.3, 0.4) is 0 Å². The van der Waals surface area contributed by atoms with Crippen molar-refractivity contribution in [2.24, 2.45) is 0 Å². The van der Waals surface area contributed by atoms with Gasteiger partial charge in [-0.15, -0.1) is 0 Å². The lowest BCUT2D eigenvalue weighted by Gasteiger charge is -2.13. The monoisotopic (exact) mass is 232 g/mol. The van der Waals surface area contributed by atoms with Gasteiger partial charge in [-0.25, -0.2) is 4.98 Å². The molecule has 0 aromatic carbocycles. The van der Waals surface area contributed by atoms with Crippen molar-refractivity contribution in [1.82, 2.24) is 4.98 Å². The molecule has 88 valence electrons. The first-order chi connectivity index (χ1) is 7.23. The molecule has 1 aromatic rings. The minimum Gasteiger partial charge on any atom is -0.363 e. The van der Waals surface area contributed by atoms with Gasteiger partial charge in [0, 0.05) is 25.9 Å².